The van der Waals surface area contributed by atoms with Gasteiger partial charge in [0, 0.05) is 0 Å². The van der Waals surface area contributed by atoms with Crippen LogP contribution >= 0.6 is 0 Å². The first kappa shape index (κ1) is 4.38. The number of hydrogen-bond acceptors (Lipinski definition) is 3. The van der Waals surface area contributed by atoms with Gasteiger partial charge in [0.25, 0.3) is 0 Å². The molecule has 1 rings (SSSR count). The SMILES string of the molecule is [2H]C([2H])([2H])Oc1ccc(O)c(C=O)c1. The molecule has 0 amide bonds. The Kier molecular flexibility index (Phi) is 1.22. The van der Waals surface area contributed by atoms with Gasteiger partial charge in [-0.2, -0.15) is 0 Å². The van der Waals surface area contributed by atoms with Crippen LogP contribution in [0.15, 0.2) is 18.2 Å². The Hall–Kier alpha value is -1.51. The maximum absolute atomic E-state index is 10.4. The van der Waals surface area contributed by atoms with Crippen LogP contribution in [0.1, 0.15) is 14.5 Å². The van der Waals surface area contributed by atoms with E-state index in [0.29, 0.717) is 6.29 Å². The molecule has 0 atom stereocenters. The van der Waals surface area contributed by atoms with Crippen molar-refractivity contribution >= 4 is 6.29 Å². The lowest BCUT2D eigenvalue weighted by molar-refractivity contribution is 0.112. The van der Waals surface area contributed by atoms with Crippen LogP contribution in [0.4, 0.5) is 0 Å². The number of methoxy groups -OCH3 is 1. The number of aromatic hydroxyl groups is 1. The monoisotopic (exact) mass is 155 g/mol. The number of hydrogen-bond donors (Lipinski definition) is 1. The molecule has 3 heteroatoms. The lowest BCUT2D eigenvalue weighted by atomic mass is 10.2. The second-order valence-electron chi connectivity index (χ2n) is 1.94. The number of aldehydes is 1. The molecule has 3 nitrogen and oxygen atoms in total. The summed E-state index contributed by atoms with van der Waals surface area (Å²) in [4.78, 5) is 10.4. The average molecular weight is 155 g/mol. The van der Waals surface area contributed by atoms with E-state index in [1.165, 1.54) is 12.1 Å². The molecule has 0 aliphatic carbocycles. The smallest absolute Gasteiger partial charge is 0.153 e. The fourth-order valence-corrected chi connectivity index (χ4v) is 0.690. The first-order chi connectivity index (χ1) is 6.42. The third kappa shape index (κ3) is 1.49. The maximum atomic E-state index is 10.4. The molecule has 1 aromatic carbocycles. The molecule has 1 aromatic rings. The molecule has 0 bridgehead atoms. The summed E-state index contributed by atoms with van der Waals surface area (Å²) in [5.41, 5.74) is -0.00764. The van der Waals surface area contributed by atoms with Crippen molar-refractivity contribution in [2.24, 2.45) is 0 Å². The van der Waals surface area contributed by atoms with Crippen molar-refractivity contribution in [3.8, 4) is 11.5 Å². The van der Waals surface area contributed by atoms with Gasteiger partial charge in [-0.25, -0.2) is 0 Å². The van der Waals surface area contributed by atoms with Gasteiger partial charge in [-0.15, -0.1) is 0 Å². The molecule has 0 spiro atoms. The zero-order chi connectivity index (χ0) is 10.8. The number of phenolic OH excluding ortho intramolecular Hbond substituents is 1. The van der Waals surface area contributed by atoms with E-state index in [1.807, 2.05) is 0 Å². The Morgan fingerprint density at radius 2 is 2.55 bits per heavy atom. The quantitative estimate of drug-likeness (QED) is 0.653. The van der Waals surface area contributed by atoms with E-state index in [9.17, 15) is 4.79 Å². The third-order valence-electron chi connectivity index (χ3n) is 1.24. The van der Waals surface area contributed by atoms with Crippen molar-refractivity contribution in [3.63, 3.8) is 0 Å². The minimum absolute atomic E-state index is 0.00764. The molecule has 1 N–H and O–H groups in total. The van der Waals surface area contributed by atoms with E-state index in [-0.39, 0.29) is 17.1 Å². The number of ether oxygens (including phenoxy) is 1. The van der Waals surface area contributed by atoms with Crippen LogP contribution in [-0.2, 0) is 0 Å². The summed E-state index contributed by atoms with van der Waals surface area (Å²) in [5, 5.41) is 9.11. The minimum Gasteiger partial charge on any atom is -0.507 e. The van der Waals surface area contributed by atoms with E-state index in [1.54, 1.807) is 0 Å². The fraction of sp³-hybridized carbons (Fsp3) is 0.125. The van der Waals surface area contributed by atoms with E-state index in [4.69, 9.17) is 9.22 Å². The molecule has 58 valence electrons. The van der Waals surface area contributed by atoms with Crippen molar-refractivity contribution in [2.45, 2.75) is 0 Å². The Morgan fingerprint density at radius 3 is 3.18 bits per heavy atom. The molecule has 0 unspecified atom stereocenters. The Labute approximate surface area is 68.4 Å². The van der Waals surface area contributed by atoms with Gasteiger partial charge >= 0.3 is 0 Å². The van der Waals surface area contributed by atoms with Crippen molar-refractivity contribution < 1.29 is 18.8 Å². The molecule has 0 radical (unpaired) electrons. The van der Waals surface area contributed by atoms with E-state index in [2.05, 4.69) is 4.74 Å². The van der Waals surface area contributed by atoms with Gasteiger partial charge in [0.05, 0.1) is 16.7 Å². The lowest BCUT2D eigenvalue weighted by Crippen LogP contribution is -1.85. The van der Waals surface area contributed by atoms with Crippen LogP contribution in [0.2, 0.25) is 0 Å². The maximum Gasteiger partial charge on any atom is 0.153 e. The molecule has 0 aliphatic heterocycles. The van der Waals surface area contributed by atoms with Crippen LogP contribution < -0.4 is 4.74 Å². The summed E-state index contributed by atoms with van der Waals surface area (Å²) >= 11 is 0. The molecule has 0 fully saturated rings. The average Bonchev–Trinajstić information content (AvgIpc) is 2.06. The number of benzene rings is 1. The van der Waals surface area contributed by atoms with Crippen LogP contribution in [0.5, 0.6) is 11.5 Å². The molecule has 0 aliphatic rings. The van der Waals surface area contributed by atoms with Gasteiger partial charge in [-0.05, 0) is 18.2 Å². The van der Waals surface area contributed by atoms with Gasteiger partial charge < -0.3 is 9.84 Å². The number of carbonyl (C=O) groups excluding carboxylic acids is 1. The van der Waals surface area contributed by atoms with E-state index >= 15 is 0 Å². The summed E-state index contributed by atoms with van der Waals surface area (Å²) in [5.74, 6) is -0.192. The second kappa shape index (κ2) is 3.05. The first-order valence-corrected chi connectivity index (χ1v) is 2.89. The fourth-order valence-electron chi connectivity index (χ4n) is 0.690. The summed E-state index contributed by atoms with van der Waals surface area (Å²) in [7, 11) is -2.56. The van der Waals surface area contributed by atoms with Gasteiger partial charge in [0.15, 0.2) is 6.29 Å². The van der Waals surface area contributed by atoms with Gasteiger partial charge in [-0.1, -0.05) is 0 Å². The second-order valence-corrected chi connectivity index (χ2v) is 1.94. The van der Waals surface area contributed by atoms with Crippen molar-refractivity contribution in [1.82, 2.24) is 0 Å². The molecule has 0 saturated heterocycles. The summed E-state index contributed by atoms with van der Waals surface area (Å²) in [6.07, 6.45) is 0.418. The highest BCUT2D eigenvalue weighted by Crippen LogP contribution is 2.20. The van der Waals surface area contributed by atoms with Crippen molar-refractivity contribution in [1.29, 1.82) is 0 Å². The predicted molar refractivity (Wildman–Crippen MR) is 40.0 cm³/mol. The highest BCUT2D eigenvalue weighted by molar-refractivity contribution is 5.79. The van der Waals surface area contributed by atoms with Gasteiger partial charge in [0.2, 0.25) is 0 Å². The predicted octanol–water partition coefficient (Wildman–Crippen LogP) is 1.21. The zero-order valence-electron chi connectivity index (χ0n) is 8.57. The van der Waals surface area contributed by atoms with Crippen LogP contribution in [-0.4, -0.2) is 18.4 Å². The Morgan fingerprint density at radius 1 is 1.73 bits per heavy atom. The lowest BCUT2D eigenvalue weighted by Gasteiger charge is -2.00. The first-order valence-electron chi connectivity index (χ1n) is 4.39. The number of carbonyl (C=O) groups is 1. The Balaban J connectivity index is 2.95. The highest BCUT2D eigenvalue weighted by atomic mass is 16.5. The van der Waals surface area contributed by atoms with Crippen LogP contribution in [0.3, 0.4) is 0 Å². The molecule has 0 saturated carbocycles. The van der Waals surface area contributed by atoms with Gasteiger partial charge in [0.1, 0.15) is 11.5 Å². The normalized spacial score (nSPS) is 14.4. The van der Waals surface area contributed by atoms with Crippen molar-refractivity contribution in [3.05, 3.63) is 23.8 Å². The highest BCUT2D eigenvalue weighted by Gasteiger charge is 1.99. The minimum atomic E-state index is -2.56. The largest absolute Gasteiger partial charge is 0.507 e. The molecular weight excluding hydrogens is 144 g/mol. The van der Waals surface area contributed by atoms with E-state index < -0.39 is 7.04 Å². The summed E-state index contributed by atoms with van der Waals surface area (Å²) in [6.45, 7) is 0. The van der Waals surface area contributed by atoms with Crippen LogP contribution in [0.25, 0.3) is 0 Å². The topological polar surface area (TPSA) is 46.5 Å². The molecule has 0 aromatic heterocycles. The standard InChI is InChI=1S/C8H8O3/c1-11-7-2-3-8(10)6(4-7)5-9/h2-5,10H,1H3/i1D3. The molecule has 0 heterocycles. The van der Waals surface area contributed by atoms with Crippen molar-refractivity contribution in [2.75, 3.05) is 7.04 Å². The number of phenols is 1. The molecular formula is C8H8O3. The third-order valence-corrected chi connectivity index (χ3v) is 1.24. The Bertz CT molecular complexity index is 346. The molecule has 11 heavy (non-hydrogen) atoms. The van der Waals surface area contributed by atoms with E-state index in [0.717, 1.165) is 6.07 Å². The summed E-state index contributed by atoms with van der Waals surface area (Å²) in [6, 6.07) is 3.63. The zero-order valence-corrected chi connectivity index (χ0v) is 5.57. The van der Waals surface area contributed by atoms with Crippen LogP contribution in [0, 0.1) is 0 Å². The van der Waals surface area contributed by atoms with Gasteiger partial charge in [-0.3, -0.25) is 4.79 Å². The summed E-state index contributed by atoms with van der Waals surface area (Å²) < 4.78 is 25.0. The number of rotatable bonds is 2.